The third kappa shape index (κ3) is 6.23. The van der Waals surface area contributed by atoms with Crippen LogP contribution in [0.15, 0.2) is 53.2 Å². The summed E-state index contributed by atoms with van der Waals surface area (Å²) in [6.07, 6.45) is 4.42. The van der Waals surface area contributed by atoms with E-state index in [9.17, 15) is 9.59 Å². The van der Waals surface area contributed by atoms with E-state index in [2.05, 4.69) is 16.2 Å². The Balaban J connectivity index is 1.71. The minimum Gasteiger partial charge on any atom is -0.465 e. The molecular formula is C16H14ClN3O3S. The Labute approximate surface area is 148 Å². The molecule has 0 bridgehead atoms. The Bertz CT molecular complexity index is 742. The van der Waals surface area contributed by atoms with E-state index in [0.29, 0.717) is 10.8 Å². The molecule has 0 aliphatic heterocycles. The number of thiocarbonyl (C=S) groups is 1. The normalized spacial score (nSPS) is 10.4. The van der Waals surface area contributed by atoms with Crippen LogP contribution < -0.4 is 16.2 Å². The number of halogens is 1. The van der Waals surface area contributed by atoms with Crippen LogP contribution in [0.3, 0.4) is 0 Å². The average Bonchev–Trinajstić information content (AvgIpc) is 3.07. The highest BCUT2D eigenvalue weighted by Gasteiger charge is 2.05. The summed E-state index contributed by atoms with van der Waals surface area (Å²) in [6, 6.07) is 10.3. The molecule has 6 nitrogen and oxygen atoms in total. The fourth-order valence-corrected chi connectivity index (χ4v) is 1.96. The van der Waals surface area contributed by atoms with Crippen LogP contribution >= 0.6 is 23.8 Å². The van der Waals surface area contributed by atoms with E-state index in [1.165, 1.54) is 18.4 Å². The minimum atomic E-state index is -0.448. The van der Waals surface area contributed by atoms with E-state index in [0.717, 1.165) is 5.56 Å². The lowest BCUT2D eigenvalue weighted by Crippen LogP contribution is -2.48. The number of hydrogen-bond donors (Lipinski definition) is 3. The number of hydrazine groups is 1. The highest BCUT2D eigenvalue weighted by atomic mass is 35.5. The van der Waals surface area contributed by atoms with Gasteiger partial charge in [0.05, 0.1) is 12.7 Å². The second-order valence-corrected chi connectivity index (χ2v) is 5.49. The molecule has 1 aromatic carbocycles. The van der Waals surface area contributed by atoms with Crippen LogP contribution in [0, 0.1) is 0 Å². The van der Waals surface area contributed by atoms with Gasteiger partial charge in [-0.25, -0.2) is 0 Å². The Hall–Kier alpha value is -2.64. The monoisotopic (exact) mass is 363 g/mol. The van der Waals surface area contributed by atoms with Crippen LogP contribution in [0.2, 0.25) is 5.02 Å². The van der Waals surface area contributed by atoms with E-state index in [1.807, 2.05) is 0 Å². The summed E-state index contributed by atoms with van der Waals surface area (Å²) in [6.45, 7) is 0. The van der Waals surface area contributed by atoms with Gasteiger partial charge in [-0.1, -0.05) is 23.7 Å². The fourth-order valence-electron chi connectivity index (χ4n) is 1.69. The van der Waals surface area contributed by atoms with Crippen LogP contribution in [-0.2, 0) is 16.0 Å². The standard InChI is InChI=1S/C16H14ClN3O3S/c17-12-5-3-11(4-6-12)10-15(22)19-20-16(24)18-14(21)8-7-13-2-1-9-23-13/h1-9H,10H2,(H,19,22)(H2,18,20,21,24)/b8-7+. The number of amides is 2. The number of benzene rings is 1. The van der Waals surface area contributed by atoms with Crippen LogP contribution in [0.4, 0.5) is 0 Å². The van der Waals surface area contributed by atoms with Crippen molar-refractivity contribution >= 4 is 46.8 Å². The average molecular weight is 364 g/mol. The maximum atomic E-state index is 11.8. The van der Waals surface area contributed by atoms with Crippen LogP contribution in [-0.4, -0.2) is 16.9 Å². The largest absolute Gasteiger partial charge is 0.465 e. The topological polar surface area (TPSA) is 83.4 Å². The Morgan fingerprint density at radius 1 is 1.17 bits per heavy atom. The van der Waals surface area contributed by atoms with Crippen molar-refractivity contribution in [2.45, 2.75) is 6.42 Å². The van der Waals surface area contributed by atoms with E-state index in [4.69, 9.17) is 28.2 Å². The number of furan rings is 1. The molecule has 2 amide bonds. The van der Waals surface area contributed by atoms with Gasteiger partial charge in [0.1, 0.15) is 5.76 Å². The molecule has 0 saturated carbocycles. The zero-order valence-corrected chi connectivity index (χ0v) is 14.0. The molecule has 0 radical (unpaired) electrons. The molecule has 0 atom stereocenters. The van der Waals surface area contributed by atoms with Crippen LogP contribution in [0.1, 0.15) is 11.3 Å². The van der Waals surface area contributed by atoms with Crippen LogP contribution in [0.25, 0.3) is 6.08 Å². The van der Waals surface area contributed by atoms with Crippen molar-refractivity contribution in [1.82, 2.24) is 16.2 Å². The van der Waals surface area contributed by atoms with Crippen molar-refractivity contribution in [2.75, 3.05) is 0 Å². The Kier molecular flexibility index (Phi) is 6.53. The number of carbonyl (C=O) groups excluding carboxylic acids is 2. The Morgan fingerprint density at radius 3 is 2.58 bits per heavy atom. The second kappa shape index (κ2) is 8.85. The third-order valence-corrected chi connectivity index (χ3v) is 3.23. The first-order valence-electron chi connectivity index (χ1n) is 6.89. The second-order valence-electron chi connectivity index (χ2n) is 4.64. The van der Waals surface area contributed by atoms with E-state index in [-0.39, 0.29) is 17.4 Å². The summed E-state index contributed by atoms with van der Waals surface area (Å²) in [5.41, 5.74) is 5.66. The maximum absolute atomic E-state index is 11.8. The molecule has 2 aromatic rings. The van der Waals surface area contributed by atoms with Gasteiger partial charge in [-0.2, -0.15) is 0 Å². The van der Waals surface area contributed by atoms with Crippen molar-refractivity contribution in [3.63, 3.8) is 0 Å². The van der Waals surface area contributed by atoms with Gasteiger partial charge in [-0.15, -0.1) is 0 Å². The molecule has 3 N–H and O–H groups in total. The predicted molar refractivity (Wildman–Crippen MR) is 94.9 cm³/mol. The highest BCUT2D eigenvalue weighted by Crippen LogP contribution is 2.09. The quantitative estimate of drug-likeness (QED) is 0.440. The molecule has 0 aliphatic rings. The van der Waals surface area contributed by atoms with Gasteiger partial charge in [0.25, 0.3) is 0 Å². The zero-order chi connectivity index (χ0) is 17.4. The summed E-state index contributed by atoms with van der Waals surface area (Å²) >= 11 is 10.7. The SMILES string of the molecule is O=C(/C=C/c1ccco1)NC(=S)NNC(=O)Cc1ccc(Cl)cc1. The summed E-state index contributed by atoms with van der Waals surface area (Å²) in [5.74, 6) is -0.212. The molecule has 2 rings (SSSR count). The minimum absolute atomic E-state index is 0.0199. The summed E-state index contributed by atoms with van der Waals surface area (Å²) in [7, 11) is 0. The molecular weight excluding hydrogens is 350 g/mol. The van der Waals surface area contributed by atoms with Gasteiger partial charge < -0.3 is 4.42 Å². The number of nitrogens with one attached hydrogen (secondary N) is 3. The van der Waals surface area contributed by atoms with Gasteiger partial charge >= 0.3 is 0 Å². The predicted octanol–water partition coefficient (Wildman–Crippen LogP) is 2.21. The van der Waals surface area contributed by atoms with Gasteiger partial charge in [-0.3, -0.25) is 25.8 Å². The molecule has 1 aromatic heterocycles. The lowest BCUT2D eigenvalue weighted by molar-refractivity contribution is -0.121. The van der Waals surface area contributed by atoms with Crippen molar-refractivity contribution in [2.24, 2.45) is 0 Å². The zero-order valence-electron chi connectivity index (χ0n) is 12.4. The van der Waals surface area contributed by atoms with Gasteiger partial charge in [0, 0.05) is 11.1 Å². The molecule has 8 heteroatoms. The van der Waals surface area contributed by atoms with Gasteiger partial charge in [0.2, 0.25) is 11.8 Å². The lowest BCUT2D eigenvalue weighted by atomic mass is 10.1. The molecule has 0 unspecified atom stereocenters. The number of rotatable bonds is 4. The summed E-state index contributed by atoms with van der Waals surface area (Å²) in [4.78, 5) is 23.4. The first kappa shape index (κ1) is 17.7. The van der Waals surface area contributed by atoms with Crippen molar-refractivity contribution < 1.29 is 14.0 Å². The number of carbonyl (C=O) groups is 2. The van der Waals surface area contributed by atoms with Crippen LogP contribution in [0.5, 0.6) is 0 Å². The Morgan fingerprint density at radius 2 is 1.92 bits per heavy atom. The van der Waals surface area contributed by atoms with Gasteiger partial charge in [0.15, 0.2) is 5.11 Å². The van der Waals surface area contributed by atoms with Gasteiger partial charge in [-0.05, 0) is 48.1 Å². The lowest BCUT2D eigenvalue weighted by Gasteiger charge is -2.09. The van der Waals surface area contributed by atoms with Crippen molar-refractivity contribution in [3.05, 3.63) is 65.1 Å². The fraction of sp³-hybridized carbons (Fsp3) is 0.0625. The van der Waals surface area contributed by atoms with Crippen molar-refractivity contribution in [3.8, 4) is 0 Å². The molecule has 24 heavy (non-hydrogen) atoms. The molecule has 0 aliphatic carbocycles. The first-order valence-corrected chi connectivity index (χ1v) is 7.67. The smallest absolute Gasteiger partial charge is 0.250 e. The maximum Gasteiger partial charge on any atom is 0.250 e. The third-order valence-electron chi connectivity index (χ3n) is 2.77. The van der Waals surface area contributed by atoms with E-state index in [1.54, 1.807) is 36.4 Å². The molecule has 1 heterocycles. The molecule has 0 saturated heterocycles. The number of hydrogen-bond acceptors (Lipinski definition) is 4. The summed E-state index contributed by atoms with van der Waals surface area (Å²) in [5, 5.41) is 2.97. The molecule has 124 valence electrons. The summed E-state index contributed by atoms with van der Waals surface area (Å²) < 4.78 is 5.05. The molecule has 0 fully saturated rings. The van der Waals surface area contributed by atoms with E-state index < -0.39 is 5.91 Å². The first-order chi connectivity index (χ1) is 11.5. The van der Waals surface area contributed by atoms with Crippen molar-refractivity contribution in [1.29, 1.82) is 0 Å². The molecule has 0 spiro atoms. The highest BCUT2D eigenvalue weighted by molar-refractivity contribution is 7.80. The van der Waals surface area contributed by atoms with E-state index >= 15 is 0 Å².